The van der Waals surface area contributed by atoms with Gasteiger partial charge in [-0.1, -0.05) is 0 Å². The first kappa shape index (κ1) is 16.2. The molecule has 1 heterocycles. The number of alkyl halides is 3. The maximum atomic E-state index is 11.9. The molecule has 0 aromatic heterocycles. The van der Waals surface area contributed by atoms with Crippen LogP contribution in [0.15, 0.2) is 0 Å². The van der Waals surface area contributed by atoms with Crippen molar-refractivity contribution >= 4 is 5.97 Å². The maximum Gasteiger partial charge on any atom is 0.522 e. The zero-order valence-corrected chi connectivity index (χ0v) is 11.4. The number of carbonyl (C=O) groups is 1. The number of esters is 1. The highest BCUT2D eigenvalue weighted by atomic mass is 19.4. The van der Waals surface area contributed by atoms with Crippen LogP contribution in [0.5, 0.6) is 0 Å². The van der Waals surface area contributed by atoms with E-state index in [9.17, 15) is 18.0 Å². The van der Waals surface area contributed by atoms with E-state index in [1.165, 1.54) is 0 Å². The minimum absolute atomic E-state index is 0.0728. The van der Waals surface area contributed by atoms with Crippen LogP contribution in [0.2, 0.25) is 0 Å². The molecule has 0 amide bonds. The van der Waals surface area contributed by atoms with Crippen molar-refractivity contribution in [2.45, 2.75) is 51.6 Å². The third-order valence-electron chi connectivity index (χ3n) is 2.69. The van der Waals surface area contributed by atoms with Crippen LogP contribution >= 0.6 is 0 Å². The molecule has 0 radical (unpaired) electrons. The summed E-state index contributed by atoms with van der Waals surface area (Å²) >= 11 is 0. The van der Waals surface area contributed by atoms with Crippen molar-refractivity contribution in [1.29, 1.82) is 0 Å². The Morgan fingerprint density at radius 1 is 1.32 bits per heavy atom. The quantitative estimate of drug-likeness (QED) is 0.742. The summed E-state index contributed by atoms with van der Waals surface area (Å²) in [6.45, 7) is 5.47. The summed E-state index contributed by atoms with van der Waals surface area (Å²) in [5.74, 6) is -0.378. The van der Waals surface area contributed by atoms with Crippen LogP contribution < -0.4 is 0 Å². The molecule has 0 aromatic carbocycles. The Hall–Kier alpha value is -0.820. The van der Waals surface area contributed by atoms with Gasteiger partial charge in [0.25, 0.3) is 0 Å². The highest BCUT2D eigenvalue weighted by molar-refractivity contribution is 5.76. The van der Waals surface area contributed by atoms with E-state index in [-0.39, 0.29) is 12.5 Å². The van der Waals surface area contributed by atoms with Crippen LogP contribution in [0.1, 0.15) is 33.6 Å². The van der Waals surface area contributed by atoms with E-state index in [2.05, 4.69) is 4.74 Å². The fourth-order valence-corrected chi connectivity index (χ4v) is 2.01. The Morgan fingerprint density at radius 2 is 1.95 bits per heavy atom. The molecule has 1 rings (SSSR count). The Morgan fingerprint density at radius 3 is 2.47 bits per heavy atom. The third kappa shape index (κ3) is 6.24. The monoisotopic (exact) mass is 283 g/mol. The van der Waals surface area contributed by atoms with E-state index < -0.39 is 24.6 Å². The molecule has 112 valence electrons. The third-order valence-corrected chi connectivity index (χ3v) is 2.69. The van der Waals surface area contributed by atoms with Crippen LogP contribution in [0.4, 0.5) is 13.2 Å². The molecule has 0 unspecified atom stereocenters. The van der Waals surface area contributed by atoms with Gasteiger partial charge >= 0.3 is 12.3 Å². The van der Waals surface area contributed by atoms with Crippen molar-refractivity contribution < 1.29 is 27.4 Å². The molecule has 0 aromatic rings. The molecule has 0 aliphatic carbocycles. The van der Waals surface area contributed by atoms with Crippen LogP contribution in [-0.2, 0) is 14.3 Å². The fourth-order valence-electron chi connectivity index (χ4n) is 2.01. The van der Waals surface area contributed by atoms with Gasteiger partial charge in [0.05, 0.1) is 6.61 Å². The van der Waals surface area contributed by atoms with Crippen molar-refractivity contribution in [2.75, 3.05) is 19.7 Å². The summed E-state index contributed by atoms with van der Waals surface area (Å²) in [6, 6.07) is -0.462. The lowest BCUT2D eigenvalue weighted by Crippen LogP contribution is -2.42. The standard InChI is InChI=1S/C12H20F3NO3/c1-11(2,3)19-10(17)9-5-4-6-16(9)7-8-18-12(13,14)15/h9H,4-8H2,1-3H3/t9-/m0/s1. The summed E-state index contributed by atoms with van der Waals surface area (Å²) in [5.41, 5.74) is -0.589. The second-order valence-electron chi connectivity index (χ2n) is 5.52. The second-order valence-corrected chi connectivity index (χ2v) is 5.52. The van der Waals surface area contributed by atoms with Crippen molar-refractivity contribution in [3.8, 4) is 0 Å². The van der Waals surface area contributed by atoms with Gasteiger partial charge in [0.2, 0.25) is 0 Å². The lowest BCUT2D eigenvalue weighted by molar-refractivity contribution is -0.325. The number of carbonyl (C=O) groups excluding carboxylic acids is 1. The molecule has 1 saturated heterocycles. The topological polar surface area (TPSA) is 38.8 Å². The first-order valence-electron chi connectivity index (χ1n) is 6.26. The molecular weight excluding hydrogens is 263 g/mol. The van der Waals surface area contributed by atoms with Gasteiger partial charge < -0.3 is 4.74 Å². The molecule has 19 heavy (non-hydrogen) atoms. The van der Waals surface area contributed by atoms with Crippen molar-refractivity contribution in [3.63, 3.8) is 0 Å². The van der Waals surface area contributed by atoms with Crippen molar-refractivity contribution in [3.05, 3.63) is 0 Å². The zero-order valence-electron chi connectivity index (χ0n) is 11.4. The number of rotatable bonds is 4. The summed E-state index contributed by atoms with van der Waals surface area (Å²) in [7, 11) is 0. The predicted molar refractivity (Wildman–Crippen MR) is 62.4 cm³/mol. The SMILES string of the molecule is CC(C)(C)OC(=O)[C@@H]1CCCN1CCOC(F)(F)F. The number of nitrogens with zero attached hydrogens (tertiary/aromatic N) is 1. The van der Waals surface area contributed by atoms with Crippen LogP contribution in [0.3, 0.4) is 0 Å². The number of ether oxygens (including phenoxy) is 2. The highest BCUT2D eigenvalue weighted by Gasteiger charge is 2.35. The van der Waals surface area contributed by atoms with Gasteiger partial charge in [-0.2, -0.15) is 0 Å². The van der Waals surface area contributed by atoms with Crippen molar-refractivity contribution in [2.24, 2.45) is 0 Å². The van der Waals surface area contributed by atoms with Crippen LogP contribution in [-0.4, -0.2) is 48.6 Å². The van der Waals surface area contributed by atoms with Gasteiger partial charge in [-0.15, -0.1) is 13.2 Å². The molecule has 0 N–H and O–H groups in total. The van der Waals surface area contributed by atoms with E-state index in [1.807, 2.05) is 0 Å². The minimum Gasteiger partial charge on any atom is -0.459 e. The predicted octanol–water partition coefficient (Wildman–Crippen LogP) is 2.33. The first-order valence-corrected chi connectivity index (χ1v) is 6.26. The Labute approximate surface area is 110 Å². The average Bonchev–Trinajstić information content (AvgIpc) is 2.61. The molecule has 7 heteroatoms. The van der Waals surface area contributed by atoms with Gasteiger partial charge in [-0.05, 0) is 40.2 Å². The van der Waals surface area contributed by atoms with Crippen molar-refractivity contribution in [1.82, 2.24) is 4.90 Å². The Bertz CT molecular complexity index is 312. The normalized spacial score (nSPS) is 21.7. The smallest absolute Gasteiger partial charge is 0.459 e. The molecule has 4 nitrogen and oxygen atoms in total. The van der Waals surface area contributed by atoms with Crippen LogP contribution in [0, 0.1) is 0 Å². The maximum absolute atomic E-state index is 11.9. The Kier molecular flexibility index (Phi) is 5.20. The lowest BCUT2D eigenvalue weighted by Gasteiger charge is -2.27. The average molecular weight is 283 g/mol. The second kappa shape index (κ2) is 6.09. The largest absolute Gasteiger partial charge is 0.522 e. The van der Waals surface area contributed by atoms with Gasteiger partial charge in [0.1, 0.15) is 11.6 Å². The number of halogens is 3. The van der Waals surface area contributed by atoms with E-state index in [0.29, 0.717) is 13.0 Å². The first-order chi connectivity index (χ1) is 8.58. The molecular formula is C12H20F3NO3. The minimum atomic E-state index is -4.62. The van der Waals surface area contributed by atoms with E-state index in [1.54, 1.807) is 25.7 Å². The molecule has 0 saturated carbocycles. The van der Waals surface area contributed by atoms with Gasteiger partial charge in [-0.25, -0.2) is 0 Å². The van der Waals surface area contributed by atoms with E-state index in [4.69, 9.17) is 4.74 Å². The fraction of sp³-hybridized carbons (Fsp3) is 0.917. The number of likely N-dealkylation sites (tertiary alicyclic amines) is 1. The highest BCUT2D eigenvalue weighted by Crippen LogP contribution is 2.22. The molecule has 0 spiro atoms. The van der Waals surface area contributed by atoms with Gasteiger partial charge in [0, 0.05) is 6.54 Å². The lowest BCUT2D eigenvalue weighted by atomic mass is 10.1. The summed E-state index contributed by atoms with van der Waals surface area (Å²) < 4.78 is 44.6. The molecule has 1 aliphatic rings. The number of hydrogen-bond donors (Lipinski definition) is 0. The number of hydrogen-bond acceptors (Lipinski definition) is 4. The van der Waals surface area contributed by atoms with Gasteiger partial charge in [0.15, 0.2) is 0 Å². The van der Waals surface area contributed by atoms with Gasteiger partial charge in [-0.3, -0.25) is 14.4 Å². The Balaban J connectivity index is 2.43. The summed E-state index contributed by atoms with van der Waals surface area (Å²) in [4.78, 5) is 13.6. The van der Waals surface area contributed by atoms with Crippen LogP contribution in [0.25, 0.3) is 0 Å². The van der Waals surface area contributed by atoms with E-state index in [0.717, 1.165) is 6.42 Å². The van der Waals surface area contributed by atoms with E-state index >= 15 is 0 Å². The molecule has 1 atom stereocenters. The summed E-state index contributed by atoms with van der Waals surface area (Å²) in [6.07, 6.45) is -3.24. The zero-order chi connectivity index (χ0) is 14.7. The molecule has 1 aliphatic heterocycles. The summed E-state index contributed by atoms with van der Waals surface area (Å²) in [5, 5.41) is 0. The molecule has 0 bridgehead atoms. The molecule has 1 fully saturated rings.